The third-order valence-corrected chi connectivity index (χ3v) is 5.42. The molecule has 0 saturated heterocycles. The number of aryl methyl sites for hydroxylation is 2. The summed E-state index contributed by atoms with van der Waals surface area (Å²) in [6.45, 7) is 3.91. The molecule has 0 amide bonds. The van der Waals surface area contributed by atoms with E-state index >= 15 is 0 Å². The van der Waals surface area contributed by atoms with Crippen molar-refractivity contribution in [2.45, 2.75) is 20.3 Å². The summed E-state index contributed by atoms with van der Waals surface area (Å²) in [7, 11) is 0. The Morgan fingerprint density at radius 1 is 1.17 bits per heavy atom. The predicted molar refractivity (Wildman–Crippen MR) is 113 cm³/mol. The molecule has 9 heteroatoms. The van der Waals surface area contributed by atoms with Crippen molar-refractivity contribution in [3.05, 3.63) is 69.1 Å². The molecule has 0 aliphatic carbocycles. The molecule has 4 aromatic heterocycles. The number of hydrogen-bond acceptors (Lipinski definition) is 5. The van der Waals surface area contributed by atoms with E-state index in [2.05, 4.69) is 41.2 Å². The molecule has 0 aliphatic rings. The van der Waals surface area contributed by atoms with Crippen molar-refractivity contribution >= 4 is 32.5 Å². The van der Waals surface area contributed by atoms with Crippen molar-refractivity contribution in [2.24, 2.45) is 0 Å². The van der Waals surface area contributed by atoms with Crippen LogP contribution in [0.3, 0.4) is 0 Å². The summed E-state index contributed by atoms with van der Waals surface area (Å²) < 4.78 is 4.15. The van der Waals surface area contributed by atoms with E-state index in [1.54, 1.807) is 16.9 Å². The zero-order valence-electron chi connectivity index (χ0n) is 15.7. The quantitative estimate of drug-likeness (QED) is 0.455. The highest BCUT2D eigenvalue weighted by molar-refractivity contribution is 9.10. The smallest absolute Gasteiger partial charge is 0.268 e. The third kappa shape index (κ3) is 2.77. The molecular formula is C20H16BrN7O. The number of rotatable bonds is 3. The number of pyridine rings is 1. The minimum absolute atomic E-state index is 0.239. The van der Waals surface area contributed by atoms with Crippen LogP contribution in [0.25, 0.3) is 33.6 Å². The molecule has 1 N–H and O–H groups in total. The molecule has 8 nitrogen and oxygen atoms in total. The van der Waals surface area contributed by atoms with E-state index in [4.69, 9.17) is 0 Å². The second-order valence-corrected chi connectivity index (χ2v) is 7.60. The van der Waals surface area contributed by atoms with Crippen molar-refractivity contribution in [3.8, 4) is 17.1 Å². The second-order valence-electron chi connectivity index (χ2n) is 6.69. The summed E-state index contributed by atoms with van der Waals surface area (Å²) in [6, 6.07) is 9.85. The lowest BCUT2D eigenvalue weighted by molar-refractivity contribution is 0.892. The van der Waals surface area contributed by atoms with Crippen molar-refractivity contribution in [1.29, 1.82) is 0 Å². The van der Waals surface area contributed by atoms with E-state index in [1.165, 1.54) is 4.57 Å². The van der Waals surface area contributed by atoms with Gasteiger partial charge >= 0.3 is 0 Å². The van der Waals surface area contributed by atoms with E-state index in [0.29, 0.717) is 28.9 Å². The molecule has 0 radical (unpaired) electrons. The Morgan fingerprint density at radius 3 is 2.69 bits per heavy atom. The number of nitrogens with one attached hydrogen (secondary N) is 1. The van der Waals surface area contributed by atoms with Gasteiger partial charge in [0.15, 0.2) is 5.65 Å². The summed E-state index contributed by atoms with van der Waals surface area (Å²) in [5.74, 6) is 1.04. The minimum Gasteiger partial charge on any atom is -0.268 e. The van der Waals surface area contributed by atoms with Crippen LogP contribution in [0, 0.1) is 6.92 Å². The first-order valence-electron chi connectivity index (χ1n) is 9.14. The monoisotopic (exact) mass is 449 g/mol. The summed E-state index contributed by atoms with van der Waals surface area (Å²) >= 11 is 3.46. The Kier molecular flexibility index (Phi) is 4.06. The van der Waals surface area contributed by atoms with Gasteiger partial charge in [0, 0.05) is 28.9 Å². The lowest BCUT2D eigenvalue weighted by Gasteiger charge is -2.05. The zero-order chi connectivity index (χ0) is 20.1. The fourth-order valence-corrected chi connectivity index (χ4v) is 3.70. The maximum absolute atomic E-state index is 13.1. The molecule has 144 valence electrons. The number of H-pyrrole nitrogens is 1. The molecule has 1 aromatic carbocycles. The van der Waals surface area contributed by atoms with Crippen LogP contribution in [-0.4, -0.2) is 34.3 Å². The molecule has 0 aliphatic heterocycles. The van der Waals surface area contributed by atoms with Gasteiger partial charge in [0.1, 0.15) is 5.82 Å². The number of benzene rings is 1. The van der Waals surface area contributed by atoms with Gasteiger partial charge in [0.25, 0.3) is 11.5 Å². The van der Waals surface area contributed by atoms with Gasteiger partial charge in [0.2, 0.25) is 0 Å². The number of fused-ring (bicyclic) bond motifs is 3. The minimum atomic E-state index is -0.239. The van der Waals surface area contributed by atoms with Gasteiger partial charge in [-0.15, -0.1) is 5.10 Å². The lowest BCUT2D eigenvalue weighted by atomic mass is 10.1. The molecule has 5 aromatic rings. The van der Waals surface area contributed by atoms with Crippen LogP contribution in [0.2, 0.25) is 0 Å². The van der Waals surface area contributed by atoms with Gasteiger partial charge < -0.3 is 0 Å². The van der Waals surface area contributed by atoms with Gasteiger partial charge in [-0.1, -0.05) is 35.0 Å². The fourth-order valence-electron chi connectivity index (χ4n) is 3.44. The summed E-state index contributed by atoms with van der Waals surface area (Å²) in [4.78, 5) is 22.0. The SMILES string of the molecule is CCc1nc(-n2ccc3c(cnc4c(-c5ccc(Br)cc5)c(C)nn43)c2=O)n[nH]1. The summed E-state index contributed by atoms with van der Waals surface area (Å²) in [6.07, 6.45) is 3.98. The summed E-state index contributed by atoms with van der Waals surface area (Å²) in [5, 5.41) is 12.1. The number of nitrogens with zero attached hydrogens (tertiary/aromatic N) is 6. The molecule has 0 bridgehead atoms. The van der Waals surface area contributed by atoms with Crippen LogP contribution in [-0.2, 0) is 6.42 Å². The average molecular weight is 450 g/mol. The molecule has 0 fully saturated rings. The number of aromatic nitrogens is 7. The van der Waals surface area contributed by atoms with Crippen LogP contribution >= 0.6 is 15.9 Å². The van der Waals surface area contributed by atoms with Crippen LogP contribution in [0.5, 0.6) is 0 Å². The molecule has 29 heavy (non-hydrogen) atoms. The first-order valence-corrected chi connectivity index (χ1v) is 9.93. The highest BCUT2D eigenvalue weighted by Gasteiger charge is 2.17. The van der Waals surface area contributed by atoms with Crippen LogP contribution in [0.4, 0.5) is 0 Å². The lowest BCUT2D eigenvalue weighted by Crippen LogP contribution is -2.20. The number of hydrogen-bond donors (Lipinski definition) is 1. The maximum atomic E-state index is 13.1. The highest BCUT2D eigenvalue weighted by atomic mass is 79.9. The Bertz CT molecular complexity index is 1430. The van der Waals surface area contributed by atoms with Crippen molar-refractivity contribution in [2.75, 3.05) is 0 Å². The Hall–Kier alpha value is -3.33. The van der Waals surface area contributed by atoms with Gasteiger partial charge in [-0.05, 0) is 30.7 Å². The molecular weight excluding hydrogens is 434 g/mol. The van der Waals surface area contributed by atoms with Crippen LogP contribution in [0.15, 0.2) is 52.0 Å². The van der Waals surface area contributed by atoms with Crippen LogP contribution in [0.1, 0.15) is 18.4 Å². The van der Waals surface area contributed by atoms with Gasteiger partial charge in [-0.3, -0.25) is 9.89 Å². The van der Waals surface area contributed by atoms with Crippen molar-refractivity contribution in [1.82, 2.24) is 34.3 Å². The molecule has 5 rings (SSSR count). The van der Waals surface area contributed by atoms with Gasteiger partial charge in [-0.2, -0.15) is 10.1 Å². The zero-order valence-corrected chi connectivity index (χ0v) is 17.3. The van der Waals surface area contributed by atoms with Crippen LogP contribution < -0.4 is 5.56 Å². The van der Waals surface area contributed by atoms with E-state index in [1.807, 2.05) is 44.2 Å². The average Bonchev–Trinajstić information content (AvgIpc) is 3.33. The largest absolute Gasteiger partial charge is 0.268 e. The van der Waals surface area contributed by atoms with E-state index in [0.717, 1.165) is 27.1 Å². The summed E-state index contributed by atoms with van der Waals surface area (Å²) in [5.41, 5.74) is 3.98. The van der Waals surface area contributed by atoms with Gasteiger partial charge in [0.05, 0.1) is 16.6 Å². The molecule has 4 heterocycles. The molecule has 0 unspecified atom stereocenters. The predicted octanol–water partition coefficient (Wildman–Crippen LogP) is 3.45. The van der Waals surface area contributed by atoms with Crippen molar-refractivity contribution < 1.29 is 0 Å². The standard InChI is InChI=1S/C20H16BrN7O/c1-3-16-23-20(25-24-16)27-9-8-15-14(19(27)29)10-22-18-17(11(2)26-28(15)18)12-4-6-13(21)7-5-12/h4-10H,3H2,1-2H3,(H,23,24,25). The second kappa shape index (κ2) is 6.63. The Morgan fingerprint density at radius 2 is 1.97 bits per heavy atom. The fraction of sp³-hybridized carbons (Fsp3) is 0.150. The normalized spacial score (nSPS) is 11.6. The number of halogens is 1. The van der Waals surface area contributed by atoms with Crippen molar-refractivity contribution in [3.63, 3.8) is 0 Å². The van der Waals surface area contributed by atoms with E-state index < -0.39 is 0 Å². The highest BCUT2D eigenvalue weighted by Crippen LogP contribution is 2.29. The first kappa shape index (κ1) is 17.7. The van der Waals surface area contributed by atoms with Gasteiger partial charge in [-0.25, -0.2) is 14.1 Å². The van der Waals surface area contributed by atoms with E-state index in [9.17, 15) is 4.79 Å². The Labute approximate surface area is 173 Å². The molecule has 0 atom stereocenters. The Balaban J connectivity index is 1.74. The first-order chi connectivity index (χ1) is 14.1. The molecule has 0 saturated carbocycles. The maximum Gasteiger partial charge on any atom is 0.268 e. The molecule has 0 spiro atoms. The topological polar surface area (TPSA) is 93.8 Å². The van der Waals surface area contributed by atoms with E-state index in [-0.39, 0.29) is 5.56 Å². The number of aromatic amines is 1. The third-order valence-electron chi connectivity index (χ3n) is 4.89.